The summed E-state index contributed by atoms with van der Waals surface area (Å²) in [5.74, 6) is -2.01. The molecule has 1 heterocycles. The number of amides is 1. The van der Waals surface area contributed by atoms with Crippen molar-refractivity contribution in [3.05, 3.63) is 70.2 Å². The minimum absolute atomic E-state index is 0.0489. The molecule has 162 valence electrons. The van der Waals surface area contributed by atoms with Crippen LogP contribution in [0.3, 0.4) is 0 Å². The highest BCUT2D eigenvalue weighted by Crippen LogP contribution is 2.26. The van der Waals surface area contributed by atoms with Crippen molar-refractivity contribution < 1.29 is 22.0 Å². The Labute approximate surface area is 180 Å². The van der Waals surface area contributed by atoms with Crippen LogP contribution in [0.5, 0.6) is 0 Å². The predicted molar refractivity (Wildman–Crippen MR) is 111 cm³/mol. The van der Waals surface area contributed by atoms with Gasteiger partial charge in [0, 0.05) is 29.6 Å². The van der Waals surface area contributed by atoms with E-state index < -0.39 is 21.6 Å². The third-order valence-corrected chi connectivity index (χ3v) is 7.49. The van der Waals surface area contributed by atoms with E-state index in [1.54, 1.807) is 12.1 Å². The summed E-state index contributed by atoms with van der Waals surface area (Å²) in [5.41, 5.74) is 0.735. The van der Waals surface area contributed by atoms with Gasteiger partial charge in [0.25, 0.3) is 0 Å². The molecule has 0 aromatic heterocycles. The molecule has 1 aliphatic heterocycles. The minimum Gasteiger partial charge on any atom is -0.349 e. The molecule has 5 nitrogen and oxygen atoms in total. The molecule has 1 amide bonds. The summed E-state index contributed by atoms with van der Waals surface area (Å²) in [6.07, 6.45) is 0.735. The van der Waals surface area contributed by atoms with E-state index in [-0.39, 0.29) is 47.4 Å². The van der Waals surface area contributed by atoms with Crippen LogP contribution in [0.25, 0.3) is 0 Å². The van der Waals surface area contributed by atoms with Crippen LogP contribution in [-0.4, -0.2) is 31.7 Å². The zero-order chi connectivity index (χ0) is 21.9. The summed E-state index contributed by atoms with van der Waals surface area (Å²) in [4.78, 5) is 12.6. The van der Waals surface area contributed by atoms with Gasteiger partial charge in [-0.1, -0.05) is 29.8 Å². The summed E-state index contributed by atoms with van der Waals surface area (Å²) in [6, 6.07) is 9.66. The topological polar surface area (TPSA) is 66.5 Å². The van der Waals surface area contributed by atoms with Gasteiger partial charge < -0.3 is 5.32 Å². The number of carbonyl (C=O) groups excluding carboxylic acids is 1. The highest BCUT2D eigenvalue weighted by Gasteiger charge is 2.32. The average Bonchev–Trinajstić information content (AvgIpc) is 2.71. The Kier molecular flexibility index (Phi) is 7.10. The maximum Gasteiger partial charge on any atom is 0.223 e. The standard InChI is InChI=1S/C21H23ClF2N2O3S/c1-14(15-5-7-17(23)8-6-15)25-21(27)16-9-11-26(12-10-16)30(28,29)13-18-19(22)3-2-4-20(18)24/h2-8,14,16H,9-13H2,1H3,(H,25,27)/t14-/m0/s1. The molecule has 0 spiro atoms. The Morgan fingerprint density at radius 3 is 2.40 bits per heavy atom. The Hall–Kier alpha value is -2.03. The quantitative estimate of drug-likeness (QED) is 0.713. The number of sulfonamides is 1. The van der Waals surface area contributed by atoms with Gasteiger partial charge in [-0.2, -0.15) is 0 Å². The number of nitrogens with zero attached hydrogens (tertiary/aromatic N) is 1. The van der Waals surface area contributed by atoms with E-state index in [0.717, 1.165) is 5.56 Å². The molecule has 0 radical (unpaired) electrons. The fourth-order valence-corrected chi connectivity index (χ4v) is 5.42. The maximum atomic E-state index is 14.0. The molecule has 2 aromatic rings. The summed E-state index contributed by atoms with van der Waals surface area (Å²) < 4.78 is 53.7. The molecular formula is C21H23ClF2N2O3S. The number of carbonyl (C=O) groups is 1. The van der Waals surface area contributed by atoms with E-state index >= 15 is 0 Å². The zero-order valence-corrected chi connectivity index (χ0v) is 18.0. The van der Waals surface area contributed by atoms with Gasteiger partial charge in [0.1, 0.15) is 11.6 Å². The first-order valence-electron chi connectivity index (χ1n) is 9.64. The molecule has 0 saturated carbocycles. The smallest absolute Gasteiger partial charge is 0.223 e. The van der Waals surface area contributed by atoms with Crippen molar-refractivity contribution in [3.8, 4) is 0 Å². The van der Waals surface area contributed by atoms with Crippen molar-refractivity contribution in [2.45, 2.75) is 31.6 Å². The van der Waals surface area contributed by atoms with E-state index in [2.05, 4.69) is 5.32 Å². The van der Waals surface area contributed by atoms with Gasteiger partial charge in [0.05, 0.1) is 11.8 Å². The molecule has 2 aromatic carbocycles. The number of rotatable bonds is 6. The van der Waals surface area contributed by atoms with Crippen LogP contribution >= 0.6 is 11.6 Å². The molecule has 3 rings (SSSR count). The van der Waals surface area contributed by atoms with Gasteiger partial charge in [-0.3, -0.25) is 4.79 Å². The normalized spacial score (nSPS) is 16.9. The lowest BCUT2D eigenvalue weighted by Gasteiger charge is -2.31. The van der Waals surface area contributed by atoms with Crippen molar-refractivity contribution in [3.63, 3.8) is 0 Å². The zero-order valence-electron chi connectivity index (χ0n) is 16.4. The van der Waals surface area contributed by atoms with Crippen LogP contribution in [0.15, 0.2) is 42.5 Å². The first kappa shape index (κ1) is 22.7. The van der Waals surface area contributed by atoms with Gasteiger partial charge in [0.15, 0.2) is 0 Å². The second-order valence-corrected chi connectivity index (χ2v) is 9.79. The predicted octanol–water partition coefficient (Wildman–Crippen LogP) is 4.04. The van der Waals surface area contributed by atoms with Crippen LogP contribution in [0, 0.1) is 17.6 Å². The van der Waals surface area contributed by atoms with Crippen LogP contribution in [-0.2, 0) is 20.6 Å². The van der Waals surface area contributed by atoms with Crippen molar-refractivity contribution in [2.24, 2.45) is 5.92 Å². The van der Waals surface area contributed by atoms with Gasteiger partial charge in [0.2, 0.25) is 15.9 Å². The molecule has 1 fully saturated rings. The molecule has 0 bridgehead atoms. The van der Waals surface area contributed by atoms with Crippen molar-refractivity contribution >= 4 is 27.5 Å². The molecule has 0 unspecified atom stereocenters. The Bertz CT molecular complexity index is 987. The van der Waals surface area contributed by atoms with Crippen LogP contribution in [0.2, 0.25) is 5.02 Å². The highest BCUT2D eigenvalue weighted by atomic mass is 35.5. The van der Waals surface area contributed by atoms with Crippen LogP contribution < -0.4 is 5.32 Å². The lowest BCUT2D eigenvalue weighted by molar-refractivity contribution is -0.126. The second-order valence-electron chi connectivity index (χ2n) is 7.41. The number of piperidine rings is 1. The fourth-order valence-electron chi connectivity index (χ4n) is 3.51. The monoisotopic (exact) mass is 456 g/mol. The summed E-state index contributed by atoms with van der Waals surface area (Å²) in [5, 5.41) is 2.97. The lowest BCUT2D eigenvalue weighted by atomic mass is 9.96. The highest BCUT2D eigenvalue weighted by molar-refractivity contribution is 7.88. The number of halogens is 3. The average molecular weight is 457 g/mol. The molecule has 9 heteroatoms. The lowest BCUT2D eigenvalue weighted by Crippen LogP contribution is -2.43. The number of hydrogen-bond donors (Lipinski definition) is 1. The summed E-state index contributed by atoms with van der Waals surface area (Å²) in [6.45, 7) is 2.16. The van der Waals surface area contributed by atoms with Crippen molar-refractivity contribution in [2.75, 3.05) is 13.1 Å². The van der Waals surface area contributed by atoms with Crippen LogP contribution in [0.4, 0.5) is 8.78 Å². The third-order valence-electron chi connectivity index (χ3n) is 5.34. The summed E-state index contributed by atoms with van der Waals surface area (Å²) >= 11 is 5.95. The molecule has 1 atom stereocenters. The third kappa shape index (κ3) is 5.36. The molecular weight excluding hydrogens is 434 g/mol. The first-order chi connectivity index (χ1) is 14.2. The fraction of sp³-hybridized carbons (Fsp3) is 0.381. The molecule has 1 saturated heterocycles. The van der Waals surface area contributed by atoms with Gasteiger partial charge >= 0.3 is 0 Å². The SMILES string of the molecule is C[C@H](NC(=O)C1CCN(S(=O)(=O)Cc2c(F)cccc2Cl)CC1)c1ccc(F)cc1. The van der Waals surface area contributed by atoms with E-state index in [9.17, 15) is 22.0 Å². The molecule has 1 aliphatic rings. The first-order valence-corrected chi connectivity index (χ1v) is 11.6. The minimum atomic E-state index is -3.76. The molecule has 30 heavy (non-hydrogen) atoms. The van der Waals surface area contributed by atoms with E-state index in [1.165, 1.54) is 34.6 Å². The van der Waals surface area contributed by atoms with E-state index in [4.69, 9.17) is 11.6 Å². The van der Waals surface area contributed by atoms with Crippen molar-refractivity contribution in [1.29, 1.82) is 0 Å². The summed E-state index contributed by atoms with van der Waals surface area (Å²) in [7, 11) is -3.76. The maximum absolute atomic E-state index is 14.0. The van der Waals surface area contributed by atoms with Gasteiger partial charge in [-0.15, -0.1) is 0 Å². The Balaban J connectivity index is 1.57. The van der Waals surface area contributed by atoms with E-state index in [0.29, 0.717) is 12.8 Å². The largest absolute Gasteiger partial charge is 0.349 e. The Morgan fingerprint density at radius 2 is 1.80 bits per heavy atom. The van der Waals surface area contributed by atoms with Crippen molar-refractivity contribution in [1.82, 2.24) is 9.62 Å². The number of benzene rings is 2. The second kappa shape index (κ2) is 9.41. The number of nitrogens with one attached hydrogen (secondary N) is 1. The van der Waals surface area contributed by atoms with Crippen LogP contribution in [0.1, 0.15) is 36.9 Å². The Morgan fingerprint density at radius 1 is 1.17 bits per heavy atom. The van der Waals surface area contributed by atoms with Gasteiger partial charge in [-0.05, 0) is 49.6 Å². The molecule has 1 N–H and O–H groups in total. The molecule has 0 aliphatic carbocycles. The number of hydrogen-bond acceptors (Lipinski definition) is 3. The van der Waals surface area contributed by atoms with E-state index in [1.807, 2.05) is 6.92 Å². The van der Waals surface area contributed by atoms with Gasteiger partial charge in [-0.25, -0.2) is 21.5 Å².